The van der Waals surface area contributed by atoms with Gasteiger partial charge in [0.25, 0.3) is 11.5 Å². The minimum absolute atomic E-state index is 0.0870. The topological polar surface area (TPSA) is 93.1 Å². The van der Waals surface area contributed by atoms with E-state index in [0.717, 1.165) is 10.5 Å². The number of amides is 2. The van der Waals surface area contributed by atoms with Gasteiger partial charge in [0, 0.05) is 16.8 Å². The molecule has 0 atom stereocenters. The molecule has 0 saturated carbocycles. The lowest BCUT2D eigenvalue weighted by atomic mass is 10.1. The van der Waals surface area contributed by atoms with Crippen LogP contribution in [0, 0.1) is 6.92 Å². The van der Waals surface area contributed by atoms with E-state index in [1.807, 2.05) is 31.2 Å². The van der Waals surface area contributed by atoms with Gasteiger partial charge in [-0.3, -0.25) is 25.2 Å². The lowest BCUT2D eigenvalue weighted by Crippen LogP contribution is -2.43. The molecular weight excluding hydrogens is 376 g/mol. The summed E-state index contributed by atoms with van der Waals surface area (Å²) in [6, 6.07) is 14.5. The summed E-state index contributed by atoms with van der Waals surface area (Å²) < 4.78 is 1.23. The maximum absolute atomic E-state index is 12.6. The Morgan fingerprint density at radius 2 is 1.71 bits per heavy atom. The number of benzene rings is 2. The first-order valence-corrected chi connectivity index (χ1v) is 9.77. The molecule has 0 bridgehead atoms. The van der Waals surface area contributed by atoms with Crippen molar-refractivity contribution in [3.63, 3.8) is 0 Å². The Labute approximate surface area is 166 Å². The van der Waals surface area contributed by atoms with Crippen molar-refractivity contribution in [2.45, 2.75) is 25.3 Å². The molecule has 0 spiro atoms. The molecule has 0 fully saturated rings. The first-order chi connectivity index (χ1) is 13.5. The standard InChI is InChI=1S/C20H20N4O3S/c1-3-24-20(27)15-10-6-5-9-14(15)18(23-24)19(26)22-21-17(25)12-28-16-11-7-4-8-13(16)2/h4-11H,3,12H2,1-2H3,(H,21,25)(H,22,26). The molecular formula is C20H20N4O3S. The van der Waals surface area contributed by atoms with Crippen molar-refractivity contribution in [2.75, 3.05) is 5.75 Å². The van der Waals surface area contributed by atoms with E-state index in [2.05, 4.69) is 16.0 Å². The minimum Gasteiger partial charge on any atom is -0.272 e. The maximum Gasteiger partial charge on any atom is 0.290 e. The van der Waals surface area contributed by atoms with Crippen LogP contribution < -0.4 is 16.4 Å². The Morgan fingerprint density at radius 1 is 1.04 bits per heavy atom. The highest BCUT2D eigenvalue weighted by Crippen LogP contribution is 2.21. The van der Waals surface area contributed by atoms with Crippen molar-refractivity contribution in [1.82, 2.24) is 20.6 Å². The number of aromatic nitrogens is 2. The smallest absolute Gasteiger partial charge is 0.272 e. The highest BCUT2D eigenvalue weighted by atomic mass is 32.2. The lowest BCUT2D eigenvalue weighted by Gasteiger charge is -2.11. The van der Waals surface area contributed by atoms with Crippen molar-refractivity contribution in [2.24, 2.45) is 0 Å². The number of hydrogen-bond donors (Lipinski definition) is 2. The van der Waals surface area contributed by atoms with Crippen LogP contribution in [0.25, 0.3) is 10.8 Å². The van der Waals surface area contributed by atoms with E-state index in [0.29, 0.717) is 17.3 Å². The molecule has 0 unspecified atom stereocenters. The minimum atomic E-state index is -0.576. The van der Waals surface area contributed by atoms with Gasteiger partial charge in [-0.25, -0.2) is 4.68 Å². The molecule has 2 aromatic carbocycles. The molecule has 0 radical (unpaired) electrons. The zero-order chi connectivity index (χ0) is 20.1. The number of hydrogen-bond acceptors (Lipinski definition) is 5. The zero-order valence-corrected chi connectivity index (χ0v) is 16.4. The van der Waals surface area contributed by atoms with Crippen LogP contribution in [0.1, 0.15) is 23.0 Å². The normalized spacial score (nSPS) is 10.6. The lowest BCUT2D eigenvalue weighted by molar-refractivity contribution is -0.119. The molecule has 0 aliphatic carbocycles. The van der Waals surface area contributed by atoms with E-state index in [4.69, 9.17) is 0 Å². The molecule has 1 aromatic heterocycles. The van der Waals surface area contributed by atoms with Crippen LogP contribution in [0.4, 0.5) is 0 Å². The molecule has 1 heterocycles. The molecule has 144 valence electrons. The molecule has 2 amide bonds. The molecule has 28 heavy (non-hydrogen) atoms. The monoisotopic (exact) mass is 396 g/mol. The highest BCUT2D eigenvalue weighted by molar-refractivity contribution is 8.00. The summed E-state index contributed by atoms with van der Waals surface area (Å²) in [6.45, 7) is 4.08. The molecule has 2 N–H and O–H groups in total. The third-order valence-electron chi connectivity index (χ3n) is 4.15. The van der Waals surface area contributed by atoms with E-state index in [-0.39, 0.29) is 22.9 Å². The van der Waals surface area contributed by atoms with Crippen molar-refractivity contribution in [1.29, 1.82) is 0 Å². The van der Waals surface area contributed by atoms with Gasteiger partial charge in [-0.15, -0.1) is 11.8 Å². The Hall–Kier alpha value is -3.13. The van der Waals surface area contributed by atoms with E-state index in [1.54, 1.807) is 31.2 Å². The molecule has 3 rings (SSSR count). The van der Waals surface area contributed by atoms with Gasteiger partial charge in [-0.05, 0) is 31.5 Å². The molecule has 3 aromatic rings. The van der Waals surface area contributed by atoms with Gasteiger partial charge in [0.15, 0.2) is 5.69 Å². The number of nitrogens with one attached hydrogen (secondary N) is 2. The third-order valence-corrected chi connectivity index (χ3v) is 5.33. The van der Waals surface area contributed by atoms with Crippen molar-refractivity contribution >= 4 is 34.3 Å². The van der Waals surface area contributed by atoms with Crippen LogP contribution in [0.3, 0.4) is 0 Å². The van der Waals surface area contributed by atoms with Gasteiger partial charge in [0.1, 0.15) is 0 Å². The average molecular weight is 396 g/mol. The number of nitrogens with zero attached hydrogens (tertiary/aromatic N) is 2. The zero-order valence-electron chi connectivity index (χ0n) is 15.6. The fraction of sp³-hybridized carbons (Fsp3) is 0.200. The fourth-order valence-electron chi connectivity index (χ4n) is 2.70. The van der Waals surface area contributed by atoms with Crippen LogP contribution in [0.5, 0.6) is 0 Å². The summed E-state index contributed by atoms with van der Waals surface area (Å²) in [7, 11) is 0. The molecule has 7 nitrogen and oxygen atoms in total. The summed E-state index contributed by atoms with van der Waals surface area (Å²) in [5.74, 6) is -0.754. The number of rotatable bonds is 5. The maximum atomic E-state index is 12.6. The Morgan fingerprint density at radius 3 is 2.43 bits per heavy atom. The van der Waals surface area contributed by atoms with Gasteiger partial charge in [0.2, 0.25) is 5.91 Å². The summed E-state index contributed by atoms with van der Waals surface area (Å²) in [4.78, 5) is 38.0. The number of aryl methyl sites for hydroxylation is 2. The largest absolute Gasteiger partial charge is 0.290 e. The van der Waals surface area contributed by atoms with E-state index < -0.39 is 5.91 Å². The molecule has 0 aliphatic rings. The number of fused-ring (bicyclic) bond motifs is 1. The average Bonchev–Trinajstić information content (AvgIpc) is 2.72. The number of hydrazine groups is 1. The quantitative estimate of drug-likeness (QED) is 0.510. The first kappa shape index (κ1) is 19.6. The number of carbonyl (C=O) groups excluding carboxylic acids is 2. The van der Waals surface area contributed by atoms with Crippen molar-refractivity contribution in [3.05, 3.63) is 70.1 Å². The van der Waals surface area contributed by atoms with Crippen LogP contribution in [-0.2, 0) is 11.3 Å². The van der Waals surface area contributed by atoms with E-state index >= 15 is 0 Å². The van der Waals surface area contributed by atoms with Gasteiger partial charge in [-0.1, -0.05) is 36.4 Å². The van der Waals surface area contributed by atoms with Crippen LogP contribution >= 0.6 is 11.8 Å². The van der Waals surface area contributed by atoms with Crippen LogP contribution in [0.15, 0.2) is 58.2 Å². The molecule has 0 saturated heterocycles. The third kappa shape index (κ3) is 4.23. The van der Waals surface area contributed by atoms with Gasteiger partial charge >= 0.3 is 0 Å². The van der Waals surface area contributed by atoms with E-state index in [9.17, 15) is 14.4 Å². The fourth-order valence-corrected chi connectivity index (χ4v) is 3.53. The summed E-state index contributed by atoms with van der Waals surface area (Å²) >= 11 is 1.39. The van der Waals surface area contributed by atoms with Gasteiger partial charge < -0.3 is 0 Å². The van der Waals surface area contributed by atoms with Gasteiger partial charge in [0.05, 0.1) is 11.1 Å². The second kappa shape index (κ2) is 8.71. The Bertz CT molecular complexity index is 1090. The first-order valence-electron chi connectivity index (χ1n) is 8.78. The Balaban J connectivity index is 1.70. The molecule has 8 heteroatoms. The van der Waals surface area contributed by atoms with Crippen LogP contribution in [-0.4, -0.2) is 27.3 Å². The molecule has 0 aliphatic heterocycles. The highest BCUT2D eigenvalue weighted by Gasteiger charge is 2.16. The number of carbonyl (C=O) groups is 2. The van der Waals surface area contributed by atoms with E-state index in [1.165, 1.54) is 16.4 Å². The number of thioether (sulfide) groups is 1. The summed E-state index contributed by atoms with van der Waals surface area (Å²) in [5, 5.41) is 4.99. The van der Waals surface area contributed by atoms with Crippen LogP contribution in [0.2, 0.25) is 0 Å². The summed E-state index contributed by atoms with van der Waals surface area (Å²) in [5.41, 5.74) is 5.70. The SMILES string of the molecule is CCn1nc(C(=O)NNC(=O)CSc2ccccc2C)c2ccccc2c1=O. The Kier molecular flexibility index (Phi) is 6.10. The predicted molar refractivity (Wildman–Crippen MR) is 109 cm³/mol. The van der Waals surface area contributed by atoms with Crippen molar-refractivity contribution < 1.29 is 9.59 Å². The van der Waals surface area contributed by atoms with Gasteiger partial charge in [-0.2, -0.15) is 5.10 Å². The predicted octanol–water partition coefficient (Wildman–Crippen LogP) is 2.28. The second-order valence-corrected chi connectivity index (χ2v) is 7.09. The second-order valence-electron chi connectivity index (χ2n) is 6.07. The van der Waals surface area contributed by atoms with Crippen molar-refractivity contribution in [3.8, 4) is 0 Å². The summed E-state index contributed by atoms with van der Waals surface area (Å²) in [6.07, 6.45) is 0.